The fourth-order valence-electron chi connectivity index (χ4n) is 3.81. The Balaban J connectivity index is 1.61. The SMILES string of the molecule is COc1ccc(C)cc1C1(CNc2ccnc(C3CC3)n2)CCOCC1. The predicted molar refractivity (Wildman–Crippen MR) is 102 cm³/mol. The third-order valence-corrected chi connectivity index (χ3v) is 5.60. The molecule has 5 nitrogen and oxygen atoms in total. The van der Waals surface area contributed by atoms with Gasteiger partial charge in [-0.3, -0.25) is 0 Å². The molecular formula is C21H27N3O2. The molecule has 1 aromatic heterocycles. The molecule has 0 unspecified atom stereocenters. The molecule has 26 heavy (non-hydrogen) atoms. The highest BCUT2D eigenvalue weighted by molar-refractivity contribution is 5.45. The largest absolute Gasteiger partial charge is 0.496 e. The van der Waals surface area contributed by atoms with Gasteiger partial charge in [-0.2, -0.15) is 0 Å². The van der Waals surface area contributed by atoms with Gasteiger partial charge in [0.15, 0.2) is 0 Å². The molecule has 1 N–H and O–H groups in total. The number of rotatable bonds is 6. The first-order valence-corrected chi connectivity index (χ1v) is 9.50. The van der Waals surface area contributed by atoms with E-state index in [0.29, 0.717) is 5.92 Å². The highest BCUT2D eigenvalue weighted by atomic mass is 16.5. The van der Waals surface area contributed by atoms with Gasteiger partial charge in [-0.15, -0.1) is 0 Å². The van der Waals surface area contributed by atoms with Crippen LogP contribution in [-0.2, 0) is 10.2 Å². The van der Waals surface area contributed by atoms with Crippen LogP contribution in [0.25, 0.3) is 0 Å². The van der Waals surface area contributed by atoms with Gasteiger partial charge in [0.05, 0.1) is 7.11 Å². The molecule has 1 saturated carbocycles. The van der Waals surface area contributed by atoms with E-state index < -0.39 is 0 Å². The maximum Gasteiger partial charge on any atom is 0.133 e. The molecule has 4 rings (SSSR count). The average Bonchev–Trinajstić information content (AvgIpc) is 3.53. The van der Waals surface area contributed by atoms with E-state index in [0.717, 1.165) is 50.0 Å². The lowest BCUT2D eigenvalue weighted by Gasteiger charge is -2.39. The van der Waals surface area contributed by atoms with Crippen molar-refractivity contribution in [3.05, 3.63) is 47.4 Å². The van der Waals surface area contributed by atoms with Gasteiger partial charge in [0, 0.05) is 42.9 Å². The van der Waals surface area contributed by atoms with Crippen LogP contribution in [0.2, 0.25) is 0 Å². The fraction of sp³-hybridized carbons (Fsp3) is 0.524. The Hall–Kier alpha value is -2.14. The summed E-state index contributed by atoms with van der Waals surface area (Å²) in [5.41, 5.74) is 2.51. The topological polar surface area (TPSA) is 56.3 Å². The Morgan fingerprint density at radius 3 is 2.77 bits per heavy atom. The lowest BCUT2D eigenvalue weighted by Crippen LogP contribution is -2.40. The summed E-state index contributed by atoms with van der Waals surface area (Å²) in [4.78, 5) is 9.14. The van der Waals surface area contributed by atoms with E-state index in [2.05, 4.69) is 35.4 Å². The van der Waals surface area contributed by atoms with Crippen LogP contribution in [0.5, 0.6) is 5.75 Å². The molecule has 2 heterocycles. The molecule has 2 aromatic rings. The molecule has 138 valence electrons. The smallest absolute Gasteiger partial charge is 0.133 e. The Labute approximate surface area is 155 Å². The molecule has 0 amide bonds. The first-order valence-electron chi connectivity index (χ1n) is 9.50. The van der Waals surface area contributed by atoms with Crippen molar-refractivity contribution in [2.45, 2.75) is 43.9 Å². The number of aromatic nitrogens is 2. The summed E-state index contributed by atoms with van der Waals surface area (Å²) >= 11 is 0. The van der Waals surface area contributed by atoms with Crippen molar-refractivity contribution in [3.8, 4) is 5.75 Å². The van der Waals surface area contributed by atoms with Crippen LogP contribution in [0.3, 0.4) is 0 Å². The maximum atomic E-state index is 5.70. The van der Waals surface area contributed by atoms with E-state index in [9.17, 15) is 0 Å². The maximum absolute atomic E-state index is 5.70. The van der Waals surface area contributed by atoms with Crippen LogP contribution >= 0.6 is 0 Å². The van der Waals surface area contributed by atoms with Crippen molar-refractivity contribution >= 4 is 5.82 Å². The monoisotopic (exact) mass is 353 g/mol. The second kappa shape index (κ2) is 7.23. The molecule has 1 saturated heterocycles. The predicted octanol–water partition coefficient (Wildman–Crippen LogP) is 3.83. The number of aryl methyl sites for hydroxylation is 1. The van der Waals surface area contributed by atoms with Crippen LogP contribution in [-0.4, -0.2) is 36.8 Å². The van der Waals surface area contributed by atoms with Crippen molar-refractivity contribution in [3.63, 3.8) is 0 Å². The Morgan fingerprint density at radius 1 is 1.23 bits per heavy atom. The molecule has 1 aliphatic heterocycles. The Kier molecular flexibility index (Phi) is 4.81. The minimum absolute atomic E-state index is 0.0136. The number of hydrogen-bond acceptors (Lipinski definition) is 5. The van der Waals surface area contributed by atoms with Gasteiger partial charge in [-0.05, 0) is 44.7 Å². The first-order chi connectivity index (χ1) is 12.7. The number of ether oxygens (including phenoxy) is 2. The highest BCUT2D eigenvalue weighted by Crippen LogP contribution is 2.41. The molecular weight excluding hydrogens is 326 g/mol. The molecule has 0 atom stereocenters. The number of methoxy groups -OCH3 is 1. The summed E-state index contributed by atoms with van der Waals surface area (Å²) in [6.07, 6.45) is 6.24. The second-order valence-electron chi connectivity index (χ2n) is 7.52. The summed E-state index contributed by atoms with van der Waals surface area (Å²) in [5, 5.41) is 3.59. The number of anilines is 1. The van der Waals surface area contributed by atoms with E-state index in [1.165, 1.54) is 24.0 Å². The second-order valence-corrected chi connectivity index (χ2v) is 7.52. The molecule has 2 fully saturated rings. The molecule has 0 spiro atoms. The molecule has 1 aromatic carbocycles. The van der Waals surface area contributed by atoms with Gasteiger partial charge in [0.25, 0.3) is 0 Å². The van der Waals surface area contributed by atoms with Crippen LogP contribution < -0.4 is 10.1 Å². The van der Waals surface area contributed by atoms with Gasteiger partial charge in [-0.25, -0.2) is 9.97 Å². The van der Waals surface area contributed by atoms with E-state index in [4.69, 9.17) is 14.5 Å². The van der Waals surface area contributed by atoms with Gasteiger partial charge in [-0.1, -0.05) is 17.7 Å². The third kappa shape index (κ3) is 3.54. The molecule has 0 bridgehead atoms. The normalized spacial score (nSPS) is 19.2. The first kappa shape index (κ1) is 17.3. The third-order valence-electron chi connectivity index (χ3n) is 5.60. The van der Waals surface area contributed by atoms with E-state index in [1.54, 1.807) is 7.11 Å². The summed E-state index contributed by atoms with van der Waals surface area (Å²) in [5.74, 6) is 3.41. The minimum atomic E-state index is -0.0136. The van der Waals surface area contributed by atoms with Crippen LogP contribution in [0.4, 0.5) is 5.82 Å². The van der Waals surface area contributed by atoms with Crippen LogP contribution in [0.1, 0.15) is 48.6 Å². The van der Waals surface area contributed by atoms with Crippen molar-refractivity contribution < 1.29 is 9.47 Å². The van der Waals surface area contributed by atoms with Crippen LogP contribution in [0, 0.1) is 6.92 Å². The fourth-order valence-corrected chi connectivity index (χ4v) is 3.81. The summed E-state index contributed by atoms with van der Waals surface area (Å²) in [6.45, 7) is 4.50. The van der Waals surface area contributed by atoms with Gasteiger partial charge in [0.1, 0.15) is 17.4 Å². The van der Waals surface area contributed by atoms with Crippen molar-refractivity contribution in [2.24, 2.45) is 0 Å². The molecule has 2 aliphatic rings. The number of benzene rings is 1. The molecule has 0 radical (unpaired) electrons. The van der Waals surface area contributed by atoms with Gasteiger partial charge >= 0.3 is 0 Å². The van der Waals surface area contributed by atoms with Crippen molar-refractivity contribution in [2.75, 3.05) is 32.2 Å². The minimum Gasteiger partial charge on any atom is -0.496 e. The Morgan fingerprint density at radius 2 is 2.04 bits per heavy atom. The van der Waals surface area contributed by atoms with E-state index >= 15 is 0 Å². The van der Waals surface area contributed by atoms with Gasteiger partial charge < -0.3 is 14.8 Å². The summed E-state index contributed by atoms with van der Waals surface area (Å²) in [7, 11) is 1.75. The standard InChI is InChI=1S/C21H27N3O2/c1-15-3-6-18(25-2)17(13-15)21(8-11-26-12-9-21)14-23-19-7-10-22-20(24-19)16-4-5-16/h3,6-7,10,13,16H,4-5,8-9,11-12,14H2,1-2H3,(H,22,23,24). The number of nitrogens with one attached hydrogen (secondary N) is 1. The summed E-state index contributed by atoms with van der Waals surface area (Å²) < 4.78 is 11.4. The average molecular weight is 353 g/mol. The zero-order chi connectivity index (χ0) is 18.0. The van der Waals surface area contributed by atoms with Gasteiger partial charge in [0.2, 0.25) is 0 Å². The zero-order valence-electron chi connectivity index (χ0n) is 15.6. The Bertz CT molecular complexity index is 768. The summed E-state index contributed by atoms with van der Waals surface area (Å²) in [6, 6.07) is 8.42. The van der Waals surface area contributed by atoms with Crippen molar-refractivity contribution in [1.82, 2.24) is 9.97 Å². The van der Waals surface area contributed by atoms with E-state index in [-0.39, 0.29) is 5.41 Å². The highest BCUT2D eigenvalue weighted by Gasteiger charge is 2.37. The lowest BCUT2D eigenvalue weighted by molar-refractivity contribution is 0.0535. The zero-order valence-corrected chi connectivity index (χ0v) is 15.6. The number of nitrogens with zero attached hydrogens (tertiary/aromatic N) is 2. The quantitative estimate of drug-likeness (QED) is 0.855. The van der Waals surface area contributed by atoms with E-state index in [1.807, 2.05) is 12.3 Å². The van der Waals surface area contributed by atoms with Crippen molar-refractivity contribution in [1.29, 1.82) is 0 Å². The molecule has 1 aliphatic carbocycles. The lowest BCUT2D eigenvalue weighted by atomic mass is 9.73. The van der Waals surface area contributed by atoms with Crippen LogP contribution in [0.15, 0.2) is 30.5 Å². The number of hydrogen-bond donors (Lipinski definition) is 1. The molecule has 5 heteroatoms.